The number of benzene rings is 4. The van der Waals surface area contributed by atoms with Crippen LogP contribution in [0.5, 0.6) is 23.0 Å². The van der Waals surface area contributed by atoms with Gasteiger partial charge in [-0.15, -0.1) is 0 Å². The van der Waals surface area contributed by atoms with Crippen molar-refractivity contribution in [2.24, 2.45) is 11.3 Å². The zero-order chi connectivity index (χ0) is 66.2. The number of piperidine rings is 1. The number of rotatable bonds is 12. The van der Waals surface area contributed by atoms with Crippen LogP contribution in [-0.2, 0) is 70.0 Å². The number of Topliss-reactive ketones (excluding diaryl/α,β-unsaturated/α-hetero) is 1. The highest BCUT2D eigenvalue weighted by Gasteiger charge is 2.44. The second kappa shape index (κ2) is 32.0. The number of fused-ring (bicyclic) bond motifs is 4. The Hall–Kier alpha value is -8.52. The van der Waals surface area contributed by atoms with E-state index in [4.69, 9.17) is 28.2 Å². The number of aryl methyl sites for hydroxylation is 1. The number of methoxy groups -OCH3 is 2. The lowest BCUT2D eigenvalue weighted by molar-refractivity contribution is -0.165. The molecule has 23 heteroatoms. The first-order valence-corrected chi connectivity index (χ1v) is 33.4. The second-order valence-corrected chi connectivity index (χ2v) is 27.4. The molecule has 2 N–H and O–H groups in total. The number of ketones is 1. The van der Waals surface area contributed by atoms with E-state index in [2.05, 4.69) is 10.6 Å². The largest absolute Gasteiger partial charge is 0.493 e. The molecule has 0 spiro atoms. The summed E-state index contributed by atoms with van der Waals surface area (Å²) in [6.45, 7) is 9.09. The molecule has 4 aromatic carbocycles. The maximum absolute atomic E-state index is 15.0. The van der Waals surface area contributed by atoms with E-state index in [9.17, 15) is 47.7 Å². The number of ether oxygens (including phenoxy) is 5. The predicted octanol–water partition coefficient (Wildman–Crippen LogP) is 7.60. The molecule has 3 aliphatic heterocycles. The molecule has 6 amide bonds. The van der Waals surface area contributed by atoms with Crippen molar-refractivity contribution < 1.29 is 75.9 Å². The topological polar surface area (TPSA) is 263 Å². The number of carbonyl (C=O) groups excluding carboxylic acids is 9. The SMILES string of the molecule is COc1ccc(CC[C@H]2OC(=O)[C@@H]3CCCCN3C(=O)C(=O)C(C)(C)COC(=O)/C=C\CCN(C)C(=O)[C@@H](c3ccccc3)NC(=O)[C@H](Cc3ccc(OP(C)(C)=O)cc3)NC(=O)[C@H]3CCCN3C(=O)[C@H](CC(C)C)N(C)C(=O)COc3cccc2c3)cc1OC. The molecule has 490 valence electrons. The van der Waals surface area contributed by atoms with Crippen LogP contribution in [0.1, 0.15) is 113 Å². The van der Waals surface area contributed by atoms with Gasteiger partial charge in [0.05, 0.1) is 19.6 Å². The average Bonchev–Trinajstić information content (AvgIpc) is 2.39. The first-order chi connectivity index (χ1) is 43.3. The van der Waals surface area contributed by atoms with Crippen molar-refractivity contribution in [1.29, 1.82) is 0 Å². The van der Waals surface area contributed by atoms with E-state index in [-0.39, 0.29) is 69.8 Å². The van der Waals surface area contributed by atoms with E-state index in [0.717, 1.165) is 11.6 Å². The second-order valence-electron chi connectivity index (χ2n) is 24.7. The summed E-state index contributed by atoms with van der Waals surface area (Å²) in [7, 11) is 3.17. The molecule has 2 saturated heterocycles. The Balaban J connectivity index is 1.21. The molecule has 3 heterocycles. The van der Waals surface area contributed by atoms with Crippen LogP contribution in [-0.4, -0.2) is 171 Å². The fraction of sp³-hybridized carbons (Fsp3) is 0.485. The lowest BCUT2D eigenvalue weighted by Crippen LogP contribution is -2.57. The van der Waals surface area contributed by atoms with E-state index in [1.165, 1.54) is 81.2 Å². The summed E-state index contributed by atoms with van der Waals surface area (Å²) in [6, 6.07) is 21.5. The number of nitrogens with zero attached hydrogens (tertiary/aromatic N) is 4. The normalized spacial score (nSPS) is 23.0. The van der Waals surface area contributed by atoms with Gasteiger partial charge in [0, 0.05) is 59.6 Å². The van der Waals surface area contributed by atoms with Crippen LogP contribution >= 0.6 is 7.37 Å². The third-order valence-electron chi connectivity index (χ3n) is 16.3. The molecule has 0 radical (unpaired) electrons. The number of cyclic esters (lactones) is 2. The van der Waals surface area contributed by atoms with Crippen molar-refractivity contribution in [2.45, 2.75) is 128 Å². The Labute approximate surface area is 533 Å². The molecule has 0 aliphatic carbocycles. The van der Waals surface area contributed by atoms with Gasteiger partial charge in [0.2, 0.25) is 36.8 Å². The standard InChI is InChI=1S/C68H87N6O16P/c1-44(2)38-54-64(80)73-37-19-25-52(73)63(79)69-51(39-45-27-31-49(32-28-45)90-91(9,10)84)62(78)70-60(47-20-12-11-13-21-47)65(81)71(5)35-16-15-26-59(76)88-43-68(3,4)61(77)66(82)74-36-17-14-24-53(74)67(83)89-55(33-29-46-30-34-56(85-7)57(40-46)86-8)48-22-18-23-50(41-48)87-42-58(75)72(54)6/h11-13,15,18,20-23,26-28,30-32,34,40-41,44,51-55,60H,14,16-17,19,24-25,29,33,35-39,42-43H2,1-10H3,(H,69,79)(H,70,78)/b26-15-/t51-,52+,53-,54-,55+,60+/m0/s1. The maximum Gasteiger partial charge on any atom is 0.330 e. The van der Waals surface area contributed by atoms with E-state index in [1.54, 1.807) is 84.9 Å². The van der Waals surface area contributed by atoms with Gasteiger partial charge in [0.15, 0.2) is 18.1 Å². The summed E-state index contributed by atoms with van der Waals surface area (Å²) in [5.74, 6) is -4.74. The Bertz CT molecular complexity index is 3330. The number of hydrogen-bond donors (Lipinski definition) is 2. The summed E-state index contributed by atoms with van der Waals surface area (Å²) >= 11 is 0. The molecule has 0 saturated carbocycles. The number of carbonyl (C=O) groups is 9. The number of esters is 2. The van der Waals surface area contributed by atoms with E-state index < -0.39 is 115 Å². The summed E-state index contributed by atoms with van der Waals surface area (Å²) in [4.78, 5) is 135. The third-order valence-corrected chi connectivity index (χ3v) is 17.0. The summed E-state index contributed by atoms with van der Waals surface area (Å²) in [6.07, 6.45) is 4.60. The lowest BCUT2D eigenvalue weighted by Gasteiger charge is -2.36. The number of hydrogen-bond acceptors (Lipinski definition) is 16. The monoisotopic (exact) mass is 1270 g/mol. The fourth-order valence-electron chi connectivity index (χ4n) is 11.2. The lowest BCUT2D eigenvalue weighted by atomic mass is 9.87. The van der Waals surface area contributed by atoms with E-state index in [1.807, 2.05) is 26.0 Å². The molecule has 3 aliphatic rings. The molecule has 2 bridgehead atoms. The van der Waals surface area contributed by atoms with Crippen molar-refractivity contribution in [3.8, 4) is 23.0 Å². The van der Waals surface area contributed by atoms with E-state index >= 15 is 0 Å². The zero-order valence-corrected chi connectivity index (χ0v) is 54.7. The summed E-state index contributed by atoms with van der Waals surface area (Å²) in [5, 5.41) is 5.80. The first kappa shape index (κ1) is 69.9. The maximum atomic E-state index is 15.0. The Morgan fingerprint density at radius 2 is 1.38 bits per heavy atom. The third kappa shape index (κ3) is 19.3. The minimum atomic E-state index is -2.93. The summed E-state index contributed by atoms with van der Waals surface area (Å²) in [5.41, 5.74) is 0.825. The number of amides is 6. The minimum Gasteiger partial charge on any atom is -0.493 e. The Morgan fingerprint density at radius 1 is 0.703 bits per heavy atom. The zero-order valence-electron chi connectivity index (χ0n) is 53.8. The van der Waals surface area contributed by atoms with Crippen LogP contribution in [0.4, 0.5) is 0 Å². The molecule has 91 heavy (non-hydrogen) atoms. The van der Waals surface area contributed by atoms with Crippen molar-refractivity contribution in [2.75, 3.05) is 74.5 Å². The van der Waals surface area contributed by atoms with Crippen LogP contribution in [0.15, 0.2) is 109 Å². The van der Waals surface area contributed by atoms with Crippen LogP contribution < -0.4 is 29.4 Å². The Kier molecular flexibility index (Phi) is 24.6. The van der Waals surface area contributed by atoms with Crippen LogP contribution in [0.3, 0.4) is 0 Å². The van der Waals surface area contributed by atoms with Gasteiger partial charge in [-0.2, -0.15) is 0 Å². The summed E-state index contributed by atoms with van der Waals surface area (Å²) < 4.78 is 47.2. The minimum absolute atomic E-state index is 0.0684. The van der Waals surface area contributed by atoms with Crippen molar-refractivity contribution in [3.63, 3.8) is 0 Å². The van der Waals surface area contributed by atoms with Gasteiger partial charge in [-0.3, -0.25) is 38.1 Å². The highest BCUT2D eigenvalue weighted by atomic mass is 31.2. The van der Waals surface area contributed by atoms with Gasteiger partial charge in [-0.05, 0) is 136 Å². The van der Waals surface area contributed by atoms with Gasteiger partial charge >= 0.3 is 11.9 Å². The molecular weight excluding hydrogens is 1190 g/mol. The molecule has 4 aromatic rings. The van der Waals surface area contributed by atoms with Crippen molar-refractivity contribution in [3.05, 3.63) is 131 Å². The van der Waals surface area contributed by atoms with Gasteiger partial charge in [-0.1, -0.05) is 80.6 Å². The highest BCUT2D eigenvalue weighted by Crippen LogP contribution is 2.39. The fourth-order valence-corrected chi connectivity index (χ4v) is 11.9. The number of nitrogens with one attached hydrogen (secondary N) is 2. The van der Waals surface area contributed by atoms with E-state index in [0.29, 0.717) is 59.6 Å². The van der Waals surface area contributed by atoms with Crippen molar-refractivity contribution >= 4 is 60.5 Å². The quantitative estimate of drug-likeness (QED) is 0.0785. The molecule has 6 atom stereocenters. The molecule has 0 aromatic heterocycles. The van der Waals surface area contributed by atoms with Gasteiger partial charge in [0.25, 0.3) is 11.8 Å². The van der Waals surface area contributed by atoms with Gasteiger partial charge in [-0.25, -0.2) is 9.59 Å². The molecular formula is C68H87N6O16P. The van der Waals surface area contributed by atoms with Gasteiger partial charge in [0.1, 0.15) is 54.4 Å². The molecule has 7 rings (SSSR count). The molecule has 22 nitrogen and oxygen atoms in total. The first-order valence-electron chi connectivity index (χ1n) is 30.9. The van der Waals surface area contributed by atoms with Crippen molar-refractivity contribution in [1.82, 2.24) is 30.2 Å². The molecule has 2 fully saturated rings. The Morgan fingerprint density at radius 3 is 2.08 bits per heavy atom. The van der Waals surface area contributed by atoms with Gasteiger partial charge < -0.3 is 58.4 Å². The van der Waals surface area contributed by atoms with Crippen LogP contribution in [0.25, 0.3) is 0 Å². The number of likely N-dealkylation sites (N-methyl/N-ethyl adjacent to an activating group) is 2. The molecule has 0 unspecified atom stereocenters. The predicted molar refractivity (Wildman–Crippen MR) is 339 cm³/mol. The average molecular weight is 1280 g/mol. The highest BCUT2D eigenvalue weighted by molar-refractivity contribution is 7.57. The smallest absolute Gasteiger partial charge is 0.330 e. The van der Waals surface area contributed by atoms with Crippen LogP contribution in [0, 0.1) is 11.3 Å². The van der Waals surface area contributed by atoms with Crippen LogP contribution in [0.2, 0.25) is 0 Å².